The van der Waals surface area contributed by atoms with Gasteiger partial charge in [0.15, 0.2) is 16.8 Å². The number of pyridine rings is 2. The van der Waals surface area contributed by atoms with E-state index in [-0.39, 0.29) is 35.1 Å². The predicted molar refractivity (Wildman–Crippen MR) is 262 cm³/mol. The van der Waals surface area contributed by atoms with Gasteiger partial charge in [0.05, 0.1) is 47.9 Å². The number of rotatable bonds is 8. The molecule has 0 saturated carbocycles. The van der Waals surface area contributed by atoms with E-state index < -0.39 is 45.8 Å². The van der Waals surface area contributed by atoms with Crippen molar-refractivity contribution in [3.05, 3.63) is 140 Å². The van der Waals surface area contributed by atoms with Gasteiger partial charge in [-0.3, -0.25) is 5.21 Å². The van der Waals surface area contributed by atoms with Crippen LogP contribution in [0.2, 0.25) is 10.0 Å². The molecule has 6 heterocycles. The second-order valence-corrected chi connectivity index (χ2v) is 25.2. The second-order valence-electron chi connectivity index (χ2n) is 16.0. The zero-order chi connectivity index (χ0) is 52.9. The summed E-state index contributed by atoms with van der Waals surface area (Å²) in [6, 6.07) is 19.2. The van der Waals surface area contributed by atoms with Gasteiger partial charge in [-0.15, -0.1) is 20.4 Å². The van der Waals surface area contributed by atoms with Crippen LogP contribution >= 0.6 is 51.9 Å². The van der Waals surface area contributed by atoms with Gasteiger partial charge in [0, 0.05) is 23.1 Å². The molecule has 0 amide bonds. The van der Waals surface area contributed by atoms with Gasteiger partial charge in [0.25, 0.3) is 0 Å². The van der Waals surface area contributed by atoms with Gasteiger partial charge in [0.2, 0.25) is 5.96 Å². The van der Waals surface area contributed by atoms with Crippen molar-refractivity contribution in [1.82, 2.24) is 54.8 Å². The van der Waals surface area contributed by atoms with Gasteiger partial charge < -0.3 is 29.5 Å². The van der Waals surface area contributed by atoms with Crippen molar-refractivity contribution in [1.29, 1.82) is 0 Å². The van der Waals surface area contributed by atoms with Crippen LogP contribution in [-0.2, 0) is 47.5 Å². The number of aliphatic imine (C=N–C) groups is 1. The van der Waals surface area contributed by atoms with Crippen LogP contribution in [0.1, 0.15) is 95.0 Å². The first-order valence-corrected chi connectivity index (χ1v) is 36.5. The molecule has 28 heteroatoms. The first kappa shape index (κ1) is 58.4. The van der Waals surface area contributed by atoms with E-state index in [0.717, 1.165) is 66.4 Å². The van der Waals surface area contributed by atoms with Crippen molar-refractivity contribution in [3.63, 3.8) is 0 Å². The first-order chi connectivity index (χ1) is 34.2. The molecule has 2 aromatic carbocycles. The van der Waals surface area contributed by atoms with Gasteiger partial charge in [-0.25, -0.2) is 26.3 Å². The molecule has 2 atom stereocenters. The number of anilines is 1. The van der Waals surface area contributed by atoms with Gasteiger partial charge in [-0.2, -0.15) is 26.3 Å². The summed E-state index contributed by atoms with van der Waals surface area (Å²) < 4.78 is 81.7. The van der Waals surface area contributed by atoms with E-state index in [9.17, 15) is 31.5 Å². The molecule has 2 saturated heterocycles. The van der Waals surface area contributed by atoms with Crippen molar-refractivity contribution in [2.75, 3.05) is 18.4 Å². The van der Waals surface area contributed by atoms with E-state index in [1.165, 1.54) is 26.0 Å². The monoisotopic (exact) mass is 1290 g/mol. The number of halogens is 10. The molecule has 2 aliphatic heterocycles. The summed E-state index contributed by atoms with van der Waals surface area (Å²) in [4.78, 5) is 15.5. The Balaban J connectivity index is 0.000000246. The third-order valence-corrected chi connectivity index (χ3v) is 12.2. The van der Waals surface area contributed by atoms with Crippen LogP contribution in [-0.4, -0.2) is 83.9 Å². The van der Waals surface area contributed by atoms with E-state index in [2.05, 4.69) is 56.6 Å². The number of benzene rings is 2. The Morgan fingerprint density at radius 2 is 1.12 bits per heavy atom. The number of nitrogens with two attached hydrogens (primary N) is 1. The third-order valence-electron chi connectivity index (χ3n) is 11.4. The molecular weight excluding hydrogens is 1250 g/mol. The Kier molecular flexibility index (Phi) is 21.6. The number of alkyl halides is 6. The van der Waals surface area contributed by atoms with Crippen molar-refractivity contribution >= 4 is 74.4 Å². The number of likely N-dealkylation sites (tertiary alicyclic amines) is 2. The van der Waals surface area contributed by atoms with E-state index in [1.54, 1.807) is 0 Å². The molecule has 72 heavy (non-hydrogen) atoms. The van der Waals surface area contributed by atoms with E-state index in [0.29, 0.717) is 52.8 Å². The quantitative estimate of drug-likeness (QED) is 0.0241. The Morgan fingerprint density at radius 3 is 1.56 bits per heavy atom. The molecule has 0 radical (unpaired) electrons. The van der Waals surface area contributed by atoms with Crippen LogP contribution in [0.3, 0.4) is 0 Å². The second kappa shape index (κ2) is 26.7. The number of hydrogen-bond acceptors (Lipinski definition) is 11. The molecule has 384 valence electrons. The normalized spacial score (nSPS) is 15.7. The van der Waals surface area contributed by atoms with Crippen molar-refractivity contribution in [2.45, 2.75) is 90.9 Å². The molecule has 0 bridgehead atoms. The number of aryl methyl sites for hydroxylation is 4. The standard InChI is InChI=1S/C22H23ClF3N7O.C22H22ClF3N6S.2ClH.Hg.H3NO/c1-13-17(9-10-19(27-13)22(24,25)26)28-21(31-34)32-11-3-4-18(32)20-30-29-14(2)33(20)12-15-5-7-16(23)8-6-15;1-13-17(9-10-19(27-13)22(24,25)26)28-21(33)31-11-3-4-18(31)20-30-29-14(2)32(20)12-15-5-7-16(23)8-6-15;;;;1-2/h5-10,18,34H,3-4,11-12H2,1-2H3,(H,28,31);5-10,18H,3-4,11-12H2,1-2H3,(H,28,33);2*1H;;2H,1H2/q;;;;+2;/p-2/t2*18-;;;;/m11..../s1. The van der Waals surface area contributed by atoms with Gasteiger partial charge in [-0.1, -0.05) is 47.5 Å². The maximum absolute atomic E-state index is 12.9. The summed E-state index contributed by atoms with van der Waals surface area (Å²) in [6.07, 6.45) is -5.74. The van der Waals surface area contributed by atoms with Crippen molar-refractivity contribution < 1.29 is 58.9 Å². The van der Waals surface area contributed by atoms with Gasteiger partial charge >= 0.3 is 51.0 Å². The van der Waals surface area contributed by atoms with Crippen LogP contribution in [0.25, 0.3) is 0 Å². The summed E-state index contributed by atoms with van der Waals surface area (Å²) >= 11 is 16.5. The number of nitrogens with one attached hydrogen (secondary N) is 2. The molecule has 6 aromatic rings. The van der Waals surface area contributed by atoms with Crippen LogP contribution in [0.4, 0.5) is 37.7 Å². The third kappa shape index (κ3) is 15.3. The van der Waals surface area contributed by atoms with Crippen LogP contribution in [0.5, 0.6) is 0 Å². The van der Waals surface area contributed by atoms with Crippen LogP contribution in [0.15, 0.2) is 77.8 Å². The van der Waals surface area contributed by atoms with Crippen LogP contribution < -0.4 is 16.7 Å². The number of guanidine groups is 1. The van der Waals surface area contributed by atoms with Crippen molar-refractivity contribution in [3.8, 4) is 0 Å². The van der Waals surface area contributed by atoms with Gasteiger partial charge in [-0.05, 0) is 125 Å². The molecule has 0 spiro atoms. The summed E-state index contributed by atoms with van der Waals surface area (Å²) in [5.41, 5.74) is 3.26. The molecule has 0 unspecified atom stereocenters. The fourth-order valence-electron chi connectivity index (χ4n) is 7.93. The fraction of sp³-hybridized carbons (Fsp3) is 0.364. The number of nitrogens with zero attached hydrogens (tertiary/aromatic N) is 11. The summed E-state index contributed by atoms with van der Waals surface area (Å²) in [5, 5.41) is 38.5. The van der Waals surface area contributed by atoms with Crippen molar-refractivity contribution in [2.24, 2.45) is 10.9 Å². The zero-order valence-electron chi connectivity index (χ0n) is 39.0. The Bertz CT molecular complexity index is 2770. The molecule has 4 aromatic heterocycles. The topological polar surface area (TPSA) is 197 Å². The number of thiocarbonyl (C=S) groups is 1. The van der Waals surface area contributed by atoms with E-state index in [4.69, 9.17) is 57.1 Å². The van der Waals surface area contributed by atoms with E-state index >= 15 is 0 Å². The average Bonchev–Trinajstić information content (AvgIpc) is 4.17. The Labute approximate surface area is 445 Å². The molecule has 8 rings (SSSR count). The number of aromatic nitrogens is 8. The SMILES string of the molecule is Cc1nc(C(F)(F)F)ccc1N=C(NO)N1CCC[C@@H]1c1nnc(C)n1Cc1ccc(Cl)cc1.Cc1nc(C(F)(F)F)ccc1NC(=S)N1CCC[C@@H]1c1nnc(C)n1Cc1ccc(Cl)cc1.NO.[Cl][Hg][Cl]. The number of hydroxylamine groups is 1. The molecule has 2 fully saturated rings. The zero-order valence-corrected chi connectivity index (χ0v) is 48.4. The summed E-state index contributed by atoms with van der Waals surface area (Å²) in [7, 11) is 9.97. The van der Waals surface area contributed by atoms with E-state index in [1.807, 2.05) is 76.7 Å². The first-order valence-electron chi connectivity index (χ1n) is 21.8. The molecule has 0 aliphatic carbocycles. The summed E-state index contributed by atoms with van der Waals surface area (Å²) in [6.45, 7) is 9.13. The fourth-order valence-corrected chi connectivity index (χ4v) is 8.51. The Morgan fingerprint density at radius 1 is 0.694 bits per heavy atom. The molecule has 6 N–H and O–H groups in total. The molecule has 16 nitrogen and oxygen atoms in total. The molecule has 2 aliphatic rings. The van der Waals surface area contributed by atoms with Crippen LogP contribution in [0, 0.1) is 27.7 Å². The minimum absolute atomic E-state index is 0.0961. The van der Waals surface area contributed by atoms with Gasteiger partial charge in [0.1, 0.15) is 23.0 Å². The predicted octanol–water partition coefficient (Wildman–Crippen LogP) is 11.1. The average molecular weight is 1290 g/mol. The maximum atomic E-state index is 12.9. The Hall–Kier alpha value is -4.46. The minimum atomic E-state index is -4.54. The summed E-state index contributed by atoms with van der Waals surface area (Å²) in [5.74, 6) is 6.62. The molecular formula is C44H48Cl4F6HgN14O2S. The number of hydrogen-bond donors (Lipinski definition) is 5.